The summed E-state index contributed by atoms with van der Waals surface area (Å²) in [6, 6.07) is 5.39. The van der Waals surface area contributed by atoms with Gasteiger partial charge >= 0.3 is 5.69 Å². The highest BCUT2D eigenvalue weighted by Crippen LogP contribution is 2.21. The van der Waals surface area contributed by atoms with Crippen LogP contribution in [0.4, 0.5) is 0 Å². The van der Waals surface area contributed by atoms with Crippen molar-refractivity contribution < 1.29 is 9.53 Å². The maximum atomic E-state index is 12.4. The largest absolute Gasteiger partial charge is 0.496 e. The SMILES string of the molecule is COc1ccc(Br)cc1/C=N/NC(=O)Cn1cnc2c1c(=O)n(C)c(=O)n2C. The molecule has 0 bridgehead atoms. The van der Waals surface area contributed by atoms with Gasteiger partial charge in [0.2, 0.25) is 0 Å². The predicted octanol–water partition coefficient (Wildman–Crippen LogP) is 0.355. The van der Waals surface area contributed by atoms with E-state index in [1.54, 1.807) is 12.1 Å². The fraction of sp³-hybridized carbons (Fsp3) is 0.235. The van der Waals surface area contributed by atoms with Gasteiger partial charge in [-0.05, 0) is 18.2 Å². The number of methoxy groups -OCH3 is 1. The van der Waals surface area contributed by atoms with E-state index in [0.29, 0.717) is 11.3 Å². The second kappa shape index (κ2) is 7.80. The molecular formula is C17H17BrN6O4. The first-order chi connectivity index (χ1) is 13.3. The molecule has 11 heteroatoms. The molecule has 0 spiro atoms. The van der Waals surface area contributed by atoms with Crippen LogP contribution in [0, 0.1) is 0 Å². The van der Waals surface area contributed by atoms with Crippen LogP contribution in [0.2, 0.25) is 0 Å². The number of aryl methyl sites for hydroxylation is 1. The predicted molar refractivity (Wildman–Crippen MR) is 107 cm³/mol. The zero-order valence-corrected chi connectivity index (χ0v) is 16.9. The summed E-state index contributed by atoms with van der Waals surface area (Å²) in [5, 5.41) is 3.93. The quantitative estimate of drug-likeness (QED) is 0.447. The zero-order valence-electron chi connectivity index (χ0n) is 15.3. The van der Waals surface area contributed by atoms with E-state index >= 15 is 0 Å². The summed E-state index contributed by atoms with van der Waals surface area (Å²) < 4.78 is 9.67. The molecule has 0 atom stereocenters. The van der Waals surface area contributed by atoms with Gasteiger partial charge < -0.3 is 9.30 Å². The fourth-order valence-corrected chi connectivity index (χ4v) is 3.07. The van der Waals surface area contributed by atoms with E-state index in [0.717, 1.165) is 9.04 Å². The Hall–Kier alpha value is -3.21. The summed E-state index contributed by atoms with van der Waals surface area (Å²) >= 11 is 3.36. The second-order valence-corrected chi connectivity index (χ2v) is 6.85. The summed E-state index contributed by atoms with van der Waals surface area (Å²) in [5.74, 6) is 0.145. The molecule has 1 N–H and O–H groups in total. The van der Waals surface area contributed by atoms with Crippen LogP contribution in [0.1, 0.15) is 5.56 Å². The topological polar surface area (TPSA) is 113 Å². The van der Waals surface area contributed by atoms with Crippen LogP contribution < -0.4 is 21.4 Å². The van der Waals surface area contributed by atoms with Crippen molar-refractivity contribution in [3.05, 3.63) is 55.4 Å². The third kappa shape index (κ3) is 3.60. The van der Waals surface area contributed by atoms with Gasteiger partial charge in [-0.25, -0.2) is 15.2 Å². The van der Waals surface area contributed by atoms with Crippen LogP contribution in [0.15, 0.2) is 43.7 Å². The summed E-state index contributed by atoms with van der Waals surface area (Å²) in [5.41, 5.74) is 2.44. The lowest BCUT2D eigenvalue weighted by molar-refractivity contribution is -0.121. The molecule has 0 saturated heterocycles. The number of nitrogens with zero attached hydrogens (tertiary/aromatic N) is 5. The third-order valence-corrected chi connectivity index (χ3v) is 4.61. The Morgan fingerprint density at radius 1 is 1.32 bits per heavy atom. The Morgan fingerprint density at radius 2 is 2.07 bits per heavy atom. The van der Waals surface area contributed by atoms with Crippen molar-refractivity contribution in [1.82, 2.24) is 24.1 Å². The molecule has 3 rings (SSSR count). The number of nitrogens with one attached hydrogen (secondary N) is 1. The molecule has 2 heterocycles. The molecule has 0 fully saturated rings. The van der Waals surface area contributed by atoms with E-state index in [-0.39, 0.29) is 17.7 Å². The number of fused-ring (bicyclic) bond motifs is 1. The van der Waals surface area contributed by atoms with E-state index in [1.165, 1.54) is 42.9 Å². The summed E-state index contributed by atoms with van der Waals surface area (Å²) in [6.07, 6.45) is 2.79. The first-order valence-electron chi connectivity index (χ1n) is 8.09. The molecule has 10 nitrogen and oxygen atoms in total. The fourth-order valence-electron chi connectivity index (χ4n) is 2.69. The number of hydrogen-bond donors (Lipinski definition) is 1. The Balaban J connectivity index is 1.80. The molecule has 0 radical (unpaired) electrons. The molecule has 1 aromatic carbocycles. The van der Waals surface area contributed by atoms with Crippen molar-refractivity contribution in [3.63, 3.8) is 0 Å². The van der Waals surface area contributed by atoms with Gasteiger partial charge in [-0.1, -0.05) is 15.9 Å². The summed E-state index contributed by atoms with van der Waals surface area (Å²) in [6.45, 7) is -0.184. The van der Waals surface area contributed by atoms with Gasteiger partial charge in [0.15, 0.2) is 11.2 Å². The third-order valence-electron chi connectivity index (χ3n) is 4.12. The average molecular weight is 449 g/mol. The van der Waals surface area contributed by atoms with Crippen LogP contribution in [-0.4, -0.2) is 37.9 Å². The highest BCUT2D eigenvalue weighted by molar-refractivity contribution is 9.10. The highest BCUT2D eigenvalue weighted by Gasteiger charge is 2.15. The van der Waals surface area contributed by atoms with E-state index in [1.807, 2.05) is 6.07 Å². The number of rotatable bonds is 5. The normalized spacial score (nSPS) is 11.3. The highest BCUT2D eigenvalue weighted by atomic mass is 79.9. The van der Waals surface area contributed by atoms with Gasteiger partial charge in [0.05, 0.1) is 19.7 Å². The van der Waals surface area contributed by atoms with E-state index in [2.05, 4.69) is 31.4 Å². The number of hydrogen-bond acceptors (Lipinski definition) is 6. The molecule has 0 aliphatic heterocycles. The second-order valence-electron chi connectivity index (χ2n) is 5.93. The van der Waals surface area contributed by atoms with Gasteiger partial charge in [0.25, 0.3) is 11.5 Å². The van der Waals surface area contributed by atoms with Crippen LogP contribution in [0.3, 0.4) is 0 Å². The number of halogens is 1. The maximum Gasteiger partial charge on any atom is 0.332 e. The number of ether oxygens (including phenoxy) is 1. The first kappa shape index (κ1) is 19.5. The Labute approximate surface area is 167 Å². The van der Waals surface area contributed by atoms with E-state index in [4.69, 9.17) is 4.74 Å². The van der Waals surface area contributed by atoms with Gasteiger partial charge in [0.1, 0.15) is 12.3 Å². The molecule has 28 heavy (non-hydrogen) atoms. The monoisotopic (exact) mass is 448 g/mol. The molecule has 146 valence electrons. The number of benzene rings is 1. The lowest BCUT2D eigenvalue weighted by Gasteiger charge is -2.06. The van der Waals surface area contributed by atoms with Crippen molar-refractivity contribution in [3.8, 4) is 5.75 Å². The number of amides is 1. The smallest absolute Gasteiger partial charge is 0.332 e. The van der Waals surface area contributed by atoms with Gasteiger partial charge in [-0.3, -0.25) is 18.7 Å². The Kier molecular flexibility index (Phi) is 5.45. The first-order valence-corrected chi connectivity index (χ1v) is 8.89. The Bertz CT molecular complexity index is 1210. The molecule has 0 aliphatic carbocycles. The maximum absolute atomic E-state index is 12.4. The van der Waals surface area contributed by atoms with Crippen LogP contribution >= 0.6 is 15.9 Å². The van der Waals surface area contributed by atoms with E-state index < -0.39 is 17.2 Å². The number of imidazole rings is 1. The lowest BCUT2D eigenvalue weighted by Crippen LogP contribution is -2.38. The van der Waals surface area contributed by atoms with Crippen molar-refractivity contribution >= 4 is 39.2 Å². The van der Waals surface area contributed by atoms with Gasteiger partial charge in [-0.15, -0.1) is 0 Å². The average Bonchev–Trinajstić information content (AvgIpc) is 3.08. The number of aromatic nitrogens is 4. The van der Waals surface area contributed by atoms with Crippen molar-refractivity contribution in [2.24, 2.45) is 19.2 Å². The minimum Gasteiger partial charge on any atom is -0.496 e. The molecular weight excluding hydrogens is 432 g/mol. The minimum absolute atomic E-state index is 0.164. The molecule has 1 amide bonds. The number of carbonyl (C=O) groups is 1. The van der Waals surface area contributed by atoms with E-state index in [9.17, 15) is 14.4 Å². The number of carbonyl (C=O) groups excluding carboxylic acids is 1. The zero-order chi connectivity index (χ0) is 20.4. The lowest BCUT2D eigenvalue weighted by atomic mass is 10.2. The van der Waals surface area contributed by atoms with Gasteiger partial charge in [0, 0.05) is 24.1 Å². The van der Waals surface area contributed by atoms with Crippen LogP contribution in [0.5, 0.6) is 5.75 Å². The molecule has 2 aromatic heterocycles. The summed E-state index contributed by atoms with van der Waals surface area (Å²) in [7, 11) is 4.42. The molecule has 0 saturated carbocycles. The van der Waals surface area contributed by atoms with Crippen molar-refractivity contribution in [1.29, 1.82) is 0 Å². The number of hydrazone groups is 1. The van der Waals surface area contributed by atoms with Crippen molar-refractivity contribution in [2.45, 2.75) is 6.54 Å². The van der Waals surface area contributed by atoms with Crippen LogP contribution in [-0.2, 0) is 25.4 Å². The van der Waals surface area contributed by atoms with Crippen LogP contribution in [0.25, 0.3) is 11.2 Å². The van der Waals surface area contributed by atoms with Crippen molar-refractivity contribution in [2.75, 3.05) is 7.11 Å². The standard InChI is InChI=1S/C17H17BrN6O4/c1-22-15-14(16(26)23(2)17(22)27)24(9-19-15)8-13(25)21-20-7-10-6-11(18)4-5-12(10)28-3/h4-7,9H,8H2,1-3H3,(H,21,25)/b20-7+. The minimum atomic E-state index is -0.522. The Morgan fingerprint density at radius 3 is 2.79 bits per heavy atom. The summed E-state index contributed by atoms with van der Waals surface area (Å²) in [4.78, 5) is 40.6. The molecule has 0 aliphatic rings. The van der Waals surface area contributed by atoms with Gasteiger partial charge in [-0.2, -0.15) is 5.10 Å². The molecule has 0 unspecified atom stereocenters. The molecule has 3 aromatic rings.